The normalized spacial score (nSPS) is 9.00. The molecule has 0 aromatic heterocycles. The molecule has 2 N–H and O–H groups in total. The van der Waals surface area contributed by atoms with Crippen LogP contribution >= 0.6 is 0 Å². The van der Waals surface area contributed by atoms with Crippen LogP contribution < -0.4 is 5.32 Å². The smallest absolute Gasteiger partial charge is 0.328 e. The largest absolute Gasteiger partial charge is 0.478 e. The number of hydrogen-bond acceptors (Lipinski definition) is 2. The van der Waals surface area contributed by atoms with Gasteiger partial charge in [-0.15, -0.1) is 6.42 Å². The molecule has 0 heterocycles. The molecule has 0 spiro atoms. The molecule has 4 heteroatoms. The zero-order valence-electron chi connectivity index (χ0n) is 5.70. The first-order valence-corrected chi connectivity index (χ1v) is 2.79. The summed E-state index contributed by atoms with van der Waals surface area (Å²) < 4.78 is 0. The fourth-order valence-electron chi connectivity index (χ4n) is 0.344. The van der Waals surface area contributed by atoms with Crippen molar-refractivity contribution in [2.45, 2.75) is 0 Å². The SMILES string of the molecule is C#CCNC(=O)/C=C/C(=O)O. The Bertz CT molecular complexity index is 224. The first kappa shape index (κ1) is 9.24. The van der Waals surface area contributed by atoms with E-state index in [0.717, 1.165) is 12.2 Å². The molecular weight excluding hydrogens is 146 g/mol. The minimum absolute atomic E-state index is 0.1000. The standard InChI is InChI=1S/C7H7NO3/c1-2-5-8-6(9)3-4-7(10)11/h1,3-4H,5H2,(H,8,9)(H,10,11)/b4-3+. The summed E-state index contributed by atoms with van der Waals surface area (Å²) in [7, 11) is 0. The number of hydrogen-bond donors (Lipinski definition) is 2. The summed E-state index contributed by atoms with van der Waals surface area (Å²) in [5, 5.41) is 10.3. The maximum atomic E-state index is 10.5. The van der Waals surface area contributed by atoms with E-state index in [1.165, 1.54) is 0 Å². The van der Waals surface area contributed by atoms with Crippen LogP contribution in [0.2, 0.25) is 0 Å². The highest BCUT2D eigenvalue weighted by Crippen LogP contribution is 1.72. The average molecular weight is 153 g/mol. The molecular formula is C7H7NO3. The Morgan fingerprint density at radius 3 is 2.64 bits per heavy atom. The predicted octanol–water partition coefficient (Wildman–Crippen LogP) is -0.623. The number of carboxylic acid groups (broad SMARTS) is 1. The average Bonchev–Trinajstić information content (AvgIpc) is 1.97. The van der Waals surface area contributed by atoms with E-state index in [2.05, 4.69) is 11.2 Å². The highest BCUT2D eigenvalue weighted by Gasteiger charge is 1.92. The second-order valence-electron chi connectivity index (χ2n) is 1.59. The van der Waals surface area contributed by atoms with E-state index in [0.29, 0.717) is 0 Å². The third-order valence-corrected chi connectivity index (χ3v) is 0.742. The van der Waals surface area contributed by atoms with Crippen molar-refractivity contribution < 1.29 is 14.7 Å². The Balaban J connectivity index is 3.71. The molecule has 0 fully saturated rings. The van der Waals surface area contributed by atoms with Crippen molar-refractivity contribution in [3.05, 3.63) is 12.2 Å². The van der Waals surface area contributed by atoms with Crippen LogP contribution in [0.25, 0.3) is 0 Å². The van der Waals surface area contributed by atoms with E-state index in [1.54, 1.807) is 0 Å². The first-order chi connectivity index (χ1) is 5.16. The molecule has 0 aromatic carbocycles. The van der Waals surface area contributed by atoms with E-state index in [4.69, 9.17) is 11.5 Å². The van der Waals surface area contributed by atoms with Crippen molar-refractivity contribution in [1.29, 1.82) is 0 Å². The van der Waals surface area contributed by atoms with Gasteiger partial charge in [-0.1, -0.05) is 5.92 Å². The number of carboxylic acids is 1. The van der Waals surface area contributed by atoms with Gasteiger partial charge in [0.05, 0.1) is 6.54 Å². The molecule has 0 unspecified atom stereocenters. The third-order valence-electron chi connectivity index (χ3n) is 0.742. The summed E-state index contributed by atoms with van der Waals surface area (Å²) in [5.41, 5.74) is 0. The summed E-state index contributed by atoms with van der Waals surface area (Å²) in [6, 6.07) is 0. The first-order valence-electron chi connectivity index (χ1n) is 2.79. The van der Waals surface area contributed by atoms with Crippen molar-refractivity contribution >= 4 is 11.9 Å². The molecule has 58 valence electrons. The van der Waals surface area contributed by atoms with Crippen molar-refractivity contribution in [3.63, 3.8) is 0 Å². The Labute approximate surface area is 63.9 Å². The number of amides is 1. The fourth-order valence-corrected chi connectivity index (χ4v) is 0.344. The van der Waals surface area contributed by atoms with E-state index >= 15 is 0 Å². The topological polar surface area (TPSA) is 66.4 Å². The van der Waals surface area contributed by atoms with E-state index < -0.39 is 11.9 Å². The van der Waals surface area contributed by atoms with Crippen LogP contribution in [-0.4, -0.2) is 23.5 Å². The summed E-state index contributed by atoms with van der Waals surface area (Å²) in [6.45, 7) is 0.1000. The number of carbonyl (C=O) groups is 2. The van der Waals surface area contributed by atoms with E-state index in [9.17, 15) is 9.59 Å². The summed E-state index contributed by atoms with van der Waals surface area (Å²) in [5.74, 6) is 0.498. The minimum Gasteiger partial charge on any atom is -0.478 e. The van der Waals surface area contributed by atoms with Crippen LogP contribution in [0.1, 0.15) is 0 Å². The van der Waals surface area contributed by atoms with Gasteiger partial charge in [-0.25, -0.2) is 4.79 Å². The zero-order chi connectivity index (χ0) is 8.69. The minimum atomic E-state index is -1.17. The quantitative estimate of drug-likeness (QED) is 0.419. The molecule has 0 bridgehead atoms. The van der Waals surface area contributed by atoms with Gasteiger partial charge in [-0.05, 0) is 0 Å². The van der Waals surface area contributed by atoms with Crippen LogP contribution in [0.15, 0.2) is 12.2 Å². The van der Waals surface area contributed by atoms with Crippen LogP contribution in [0, 0.1) is 12.3 Å². The lowest BCUT2D eigenvalue weighted by Gasteiger charge is -1.91. The Morgan fingerprint density at radius 1 is 1.55 bits per heavy atom. The molecule has 11 heavy (non-hydrogen) atoms. The zero-order valence-corrected chi connectivity index (χ0v) is 5.70. The van der Waals surface area contributed by atoms with Gasteiger partial charge in [0.25, 0.3) is 0 Å². The second kappa shape index (κ2) is 5.06. The van der Waals surface area contributed by atoms with Gasteiger partial charge in [0.15, 0.2) is 0 Å². The molecule has 0 aromatic rings. The molecule has 4 nitrogen and oxygen atoms in total. The monoisotopic (exact) mass is 153 g/mol. The maximum absolute atomic E-state index is 10.5. The lowest BCUT2D eigenvalue weighted by atomic mass is 10.4. The lowest BCUT2D eigenvalue weighted by Crippen LogP contribution is -2.21. The second-order valence-corrected chi connectivity index (χ2v) is 1.59. The summed E-state index contributed by atoms with van der Waals surface area (Å²) >= 11 is 0. The van der Waals surface area contributed by atoms with E-state index in [-0.39, 0.29) is 6.54 Å². The number of rotatable bonds is 3. The lowest BCUT2D eigenvalue weighted by molar-refractivity contribution is -0.131. The van der Waals surface area contributed by atoms with Crippen molar-refractivity contribution in [3.8, 4) is 12.3 Å². The predicted molar refractivity (Wildman–Crippen MR) is 38.6 cm³/mol. The number of nitrogens with one attached hydrogen (secondary N) is 1. The Morgan fingerprint density at radius 2 is 2.18 bits per heavy atom. The molecule has 0 rings (SSSR count). The molecule has 0 saturated carbocycles. The summed E-state index contributed by atoms with van der Waals surface area (Å²) in [4.78, 5) is 20.4. The third kappa shape index (κ3) is 6.12. The molecule has 0 atom stereocenters. The van der Waals surface area contributed by atoms with Gasteiger partial charge < -0.3 is 10.4 Å². The molecule has 0 aliphatic heterocycles. The van der Waals surface area contributed by atoms with Crippen molar-refractivity contribution in [2.75, 3.05) is 6.54 Å². The number of carbonyl (C=O) groups excluding carboxylic acids is 1. The van der Waals surface area contributed by atoms with E-state index in [1.807, 2.05) is 0 Å². The van der Waals surface area contributed by atoms with Gasteiger partial charge in [-0.3, -0.25) is 4.79 Å². The van der Waals surface area contributed by atoms with Crippen molar-refractivity contribution in [1.82, 2.24) is 5.32 Å². The Hall–Kier alpha value is -1.76. The Kier molecular flexibility index (Phi) is 4.25. The highest BCUT2D eigenvalue weighted by atomic mass is 16.4. The van der Waals surface area contributed by atoms with Crippen LogP contribution in [0.4, 0.5) is 0 Å². The van der Waals surface area contributed by atoms with Crippen molar-refractivity contribution in [2.24, 2.45) is 0 Å². The van der Waals surface area contributed by atoms with Gasteiger partial charge in [-0.2, -0.15) is 0 Å². The summed E-state index contributed by atoms with van der Waals surface area (Å²) in [6.07, 6.45) is 6.47. The molecule has 0 saturated heterocycles. The van der Waals surface area contributed by atoms with Gasteiger partial charge in [0, 0.05) is 12.2 Å². The fraction of sp³-hybridized carbons (Fsp3) is 0.143. The maximum Gasteiger partial charge on any atom is 0.328 e. The molecule has 0 radical (unpaired) electrons. The number of terminal acetylenes is 1. The molecule has 1 amide bonds. The van der Waals surface area contributed by atoms with Gasteiger partial charge in [0.2, 0.25) is 5.91 Å². The molecule has 0 aliphatic carbocycles. The molecule has 0 aliphatic rings. The van der Waals surface area contributed by atoms with Crippen LogP contribution in [-0.2, 0) is 9.59 Å². The van der Waals surface area contributed by atoms with Crippen LogP contribution in [0.5, 0.6) is 0 Å². The van der Waals surface area contributed by atoms with Gasteiger partial charge in [0.1, 0.15) is 0 Å². The van der Waals surface area contributed by atoms with Crippen LogP contribution in [0.3, 0.4) is 0 Å². The number of aliphatic carboxylic acids is 1. The highest BCUT2D eigenvalue weighted by molar-refractivity contribution is 5.93. The van der Waals surface area contributed by atoms with Gasteiger partial charge >= 0.3 is 5.97 Å².